The molecule has 0 atom stereocenters. The van der Waals surface area contributed by atoms with Gasteiger partial charge in [-0.2, -0.15) is 0 Å². The Morgan fingerprint density at radius 3 is 1.53 bits per heavy atom. The lowest BCUT2D eigenvalue weighted by molar-refractivity contribution is 0.483. The second-order valence-corrected chi connectivity index (χ2v) is 22.5. The van der Waals surface area contributed by atoms with Crippen LogP contribution in [0.3, 0.4) is 0 Å². The molecule has 2 heterocycles. The molecule has 9 aromatic rings. The highest BCUT2D eigenvalue weighted by molar-refractivity contribution is 6.09. The normalized spacial score (nSPS) is 12.4. The number of ether oxygens (including phenoxy) is 1. The molecule has 0 saturated carbocycles. The first-order valence-electron chi connectivity index (χ1n) is 24.0. The monoisotopic (exact) mass is 895 g/mol. The van der Waals surface area contributed by atoms with E-state index in [0.717, 1.165) is 67.6 Å². The van der Waals surface area contributed by atoms with Crippen LogP contribution in [-0.4, -0.2) is 9.55 Å². The molecule has 5 heteroatoms. The van der Waals surface area contributed by atoms with Gasteiger partial charge in [0.2, 0.25) is 0 Å². The SMILES string of the molecule is CC(C)(C)c1ccc(-c2cc(C(C)(C)C)cc(-c3ccc(C(C)(C)C)cc3)c2Nc2ccccc2Nc2cccc(Oc3ccc4c5ccccc5n(-c5cc(C(C)(C)C)ccn5)c4c3)c2)cc1. The van der Waals surface area contributed by atoms with Gasteiger partial charge in [-0.15, -0.1) is 0 Å². The minimum absolute atomic E-state index is 0.0121. The summed E-state index contributed by atoms with van der Waals surface area (Å²) in [5.74, 6) is 2.37. The Morgan fingerprint density at radius 2 is 0.941 bits per heavy atom. The first-order chi connectivity index (χ1) is 32.2. The van der Waals surface area contributed by atoms with Crippen molar-refractivity contribution in [3.05, 3.63) is 192 Å². The third-order valence-electron chi connectivity index (χ3n) is 13.1. The first kappa shape index (κ1) is 46.0. The number of nitrogens with one attached hydrogen (secondary N) is 2. The number of aromatic nitrogens is 2. The highest BCUT2D eigenvalue weighted by Gasteiger charge is 2.24. The van der Waals surface area contributed by atoms with E-state index in [4.69, 9.17) is 9.72 Å². The Morgan fingerprint density at radius 1 is 0.412 bits per heavy atom. The van der Waals surface area contributed by atoms with E-state index in [9.17, 15) is 0 Å². The molecule has 0 fully saturated rings. The van der Waals surface area contributed by atoms with Gasteiger partial charge >= 0.3 is 0 Å². The number of nitrogens with zero attached hydrogens (tertiary/aromatic N) is 2. The van der Waals surface area contributed by atoms with Crippen molar-refractivity contribution in [2.75, 3.05) is 10.6 Å². The van der Waals surface area contributed by atoms with Gasteiger partial charge in [0.1, 0.15) is 17.3 Å². The number of hydrogen-bond donors (Lipinski definition) is 2. The van der Waals surface area contributed by atoms with Gasteiger partial charge in [0.15, 0.2) is 0 Å². The van der Waals surface area contributed by atoms with Crippen LogP contribution in [0.2, 0.25) is 0 Å². The molecule has 0 saturated heterocycles. The molecule has 0 aliphatic carbocycles. The van der Waals surface area contributed by atoms with Gasteiger partial charge in [-0.1, -0.05) is 168 Å². The van der Waals surface area contributed by atoms with Gasteiger partial charge in [-0.25, -0.2) is 4.98 Å². The summed E-state index contributed by atoms with van der Waals surface area (Å²) in [5, 5.41) is 10.1. The zero-order chi connectivity index (χ0) is 48.2. The Labute approximate surface area is 404 Å². The Kier molecular flexibility index (Phi) is 11.9. The van der Waals surface area contributed by atoms with Gasteiger partial charge in [0, 0.05) is 45.9 Å². The fourth-order valence-electron chi connectivity index (χ4n) is 9.00. The van der Waals surface area contributed by atoms with Crippen molar-refractivity contribution in [3.8, 4) is 39.6 Å². The van der Waals surface area contributed by atoms with Crippen molar-refractivity contribution < 1.29 is 4.74 Å². The average Bonchev–Trinajstić information content (AvgIpc) is 3.62. The van der Waals surface area contributed by atoms with Crippen molar-refractivity contribution in [2.45, 2.75) is 105 Å². The third kappa shape index (κ3) is 9.53. The minimum Gasteiger partial charge on any atom is -0.457 e. The predicted octanol–water partition coefficient (Wildman–Crippen LogP) is 18.0. The number of rotatable bonds is 9. The molecule has 0 radical (unpaired) electrons. The smallest absolute Gasteiger partial charge is 0.137 e. The van der Waals surface area contributed by atoms with Gasteiger partial charge in [-0.05, 0) is 122 Å². The van der Waals surface area contributed by atoms with Gasteiger partial charge < -0.3 is 15.4 Å². The zero-order valence-electron chi connectivity index (χ0n) is 42.0. The van der Waals surface area contributed by atoms with Crippen LogP contribution in [0.5, 0.6) is 11.5 Å². The molecule has 344 valence electrons. The predicted molar refractivity (Wildman–Crippen MR) is 290 cm³/mol. The zero-order valence-corrected chi connectivity index (χ0v) is 42.0. The average molecular weight is 895 g/mol. The summed E-state index contributed by atoms with van der Waals surface area (Å²) < 4.78 is 8.95. The maximum atomic E-state index is 6.69. The fourth-order valence-corrected chi connectivity index (χ4v) is 9.00. The number of anilines is 4. The van der Waals surface area contributed by atoms with E-state index in [1.807, 2.05) is 18.3 Å². The molecule has 2 N–H and O–H groups in total. The number of hydrogen-bond acceptors (Lipinski definition) is 4. The molecule has 7 aromatic carbocycles. The molecule has 0 unspecified atom stereocenters. The van der Waals surface area contributed by atoms with Crippen molar-refractivity contribution in [1.82, 2.24) is 9.55 Å². The highest BCUT2D eigenvalue weighted by atomic mass is 16.5. The molecule has 68 heavy (non-hydrogen) atoms. The molecule has 0 spiro atoms. The topological polar surface area (TPSA) is 51.1 Å². The van der Waals surface area contributed by atoms with Gasteiger partial charge in [0.05, 0.1) is 28.1 Å². The third-order valence-corrected chi connectivity index (χ3v) is 13.1. The lowest BCUT2D eigenvalue weighted by atomic mass is 9.81. The number of para-hydroxylation sites is 3. The van der Waals surface area contributed by atoms with Crippen LogP contribution in [0.25, 0.3) is 49.9 Å². The van der Waals surface area contributed by atoms with Crippen LogP contribution in [0, 0.1) is 0 Å². The summed E-state index contributed by atoms with van der Waals surface area (Å²) in [6.07, 6.45) is 1.92. The Hall–Kier alpha value is -7.11. The second kappa shape index (κ2) is 17.5. The van der Waals surface area contributed by atoms with E-state index in [-0.39, 0.29) is 21.7 Å². The van der Waals surface area contributed by atoms with Crippen molar-refractivity contribution in [1.29, 1.82) is 0 Å². The van der Waals surface area contributed by atoms with E-state index in [0.29, 0.717) is 0 Å². The number of fused-ring (bicyclic) bond motifs is 3. The molecule has 9 rings (SSSR count). The second-order valence-electron chi connectivity index (χ2n) is 22.5. The van der Waals surface area contributed by atoms with Crippen LogP contribution in [-0.2, 0) is 21.7 Å². The number of pyridine rings is 1. The largest absolute Gasteiger partial charge is 0.457 e. The van der Waals surface area contributed by atoms with Crippen LogP contribution in [0.1, 0.15) is 105 Å². The first-order valence-corrected chi connectivity index (χ1v) is 24.0. The van der Waals surface area contributed by atoms with Crippen LogP contribution >= 0.6 is 0 Å². The van der Waals surface area contributed by atoms with E-state index >= 15 is 0 Å². The molecular weight excluding hydrogens is 829 g/mol. The summed E-state index contributed by atoms with van der Waals surface area (Å²) in [5.41, 5.74) is 15.8. The van der Waals surface area contributed by atoms with Crippen LogP contribution in [0.4, 0.5) is 22.7 Å². The summed E-state index contributed by atoms with van der Waals surface area (Å²) in [6, 6.07) is 58.9. The van der Waals surface area contributed by atoms with E-state index in [2.05, 4.69) is 250 Å². The molecule has 5 nitrogen and oxygen atoms in total. The van der Waals surface area contributed by atoms with Crippen molar-refractivity contribution >= 4 is 44.6 Å². The van der Waals surface area contributed by atoms with E-state index in [1.165, 1.54) is 38.8 Å². The van der Waals surface area contributed by atoms with E-state index < -0.39 is 0 Å². The summed E-state index contributed by atoms with van der Waals surface area (Å²) >= 11 is 0. The van der Waals surface area contributed by atoms with E-state index in [1.54, 1.807) is 0 Å². The van der Waals surface area contributed by atoms with Crippen molar-refractivity contribution in [3.63, 3.8) is 0 Å². The molecule has 0 aliphatic rings. The molecule has 0 amide bonds. The summed E-state index contributed by atoms with van der Waals surface area (Å²) in [7, 11) is 0. The van der Waals surface area contributed by atoms with Gasteiger partial charge in [-0.3, -0.25) is 4.57 Å². The molecule has 0 bridgehead atoms. The maximum Gasteiger partial charge on any atom is 0.137 e. The standard InChI is InChI=1S/C63H66N4O/c1-60(2,3)43-28-24-41(25-29-43)52-36-46(63(10,11)12)37-53(42-26-30-44(31-27-42)61(4,5)6)59(52)66-55-22-15-14-21-54(55)65-47-18-17-19-48(39-47)68-49-32-33-51-50-20-13-16-23-56(50)67(57(51)40-49)58-38-45(34-35-64-58)62(7,8)9/h13-40,65-66H,1-12H3. The molecule has 0 aliphatic heterocycles. The highest BCUT2D eigenvalue weighted by Crippen LogP contribution is 2.45. The van der Waals surface area contributed by atoms with Crippen LogP contribution < -0.4 is 15.4 Å². The Balaban J connectivity index is 1.08. The summed E-state index contributed by atoms with van der Waals surface area (Å²) in [6.45, 7) is 27.2. The van der Waals surface area contributed by atoms with Crippen LogP contribution in [0.15, 0.2) is 170 Å². The fraction of sp³-hybridized carbons (Fsp3) is 0.254. The minimum atomic E-state index is -0.0787. The molecule has 2 aromatic heterocycles. The quantitative estimate of drug-likeness (QED) is 0.152. The van der Waals surface area contributed by atoms with Gasteiger partial charge in [0.25, 0.3) is 0 Å². The lowest BCUT2D eigenvalue weighted by Gasteiger charge is -2.27. The molecular formula is C63H66N4O. The van der Waals surface area contributed by atoms with Crippen molar-refractivity contribution in [2.24, 2.45) is 0 Å². The lowest BCUT2D eigenvalue weighted by Crippen LogP contribution is -2.13. The number of benzene rings is 7. The summed E-state index contributed by atoms with van der Waals surface area (Å²) in [4.78, 5) is 4.88. The maximum absolute atomic E-state index is 6.69. The Bertz CT molecular complexity index is 3190.